The fourth-order valence-electron chi connectivity index (χ4n) is 3.11. The number of benzene rings is 2. The van der Waals surface area contributed by atoms with E-state index >= 15 is 0 Å². The molecule has 0 saturated heterocycles. The number of hydrogen-bond acceptors (Lipinski definition) is 3. The molecule has 4 heteroatoms. The summed E-state index contributed by atoms with van der Waals surface area (Å²) in [6.45, 7) is 2.77. The van der Waals surface area contributed by atoms with Crippen LogP contribution in [0.3, 0.4) is 0 Å². The molecule has 25 heavy (non-hydrogen) atoms. The molecule has 1 aliphatic heterocycles. The minimum absolute atomic E-state index is 0.0561. The lowest BCUT2D eigenvalue weighted by Gasteiger charge is -2.32. The summed E-state index contributed by atoms with van der Waals surface area (Å²) in [7, 11) is 0. The molecule has 0 bridgehead atoms. The summed E-state index contributed by atoms with van der Waals surface area (Å²) >= 11 is 0. The summed E-state index contributed by atoms with van der Waals surface area (Å²) in [6, 6.07) is 14.8. The molecule has 0 aliphatic carbocycles. The van der Waals surface area contributed by atoms with Gasteiger partial charge in [-0.15, -0.1) is 0 Å². The number of likely N-dealkylation sites (N-methyl/N-ethyl adjacent to an activating group) is 1. The highest BCUT2D eigenvalue weighted by atomic mass is 16.5. The topological polar surface area (TPSA) is 35.5 Å². The molecule has 3 rings (SSSR count). The van der Waals surface area contributed by atoms with Crippen molar-refractivity contribution >= 4 is 5.97 Å². The van der Waals surface area contributed by atoms with Crippen LogP contribution in [0.25, 0.3) is 0 Å². The first-order chi connectivity index (χ1) is 13.3. The quantitative estimate of drug-likeness (QED) is 0.588. The fraction of sp³-hybridized carbons (Fsp3) is 0.381. The van der Waals surface area contributed by atoms with Crippen LogP contribution in [0.5, 0.6) is 11.5 Å². The maximum absolute atomic E-state index is 13.0. The first-order valence-corrected chi connectivity index (χ1v) is 8.71. The van der Waals surface area contributed by atoms with Gasteiger partial charge in [0.15, 0.2) is 0 Å². The zero-order valence-corrected chi connectivity index (χ0v) is 14.7. The van der Waals surface area contributed by atoms with Crippen molar-refractivity contribution < 1.29 is 22.9 Å². The van der Waals surface area contributed by atoms with Gasteiger partial charge in [-0.3, -0.25) is 4.79 Å². The van der Waals surface area contributed by atoms with E-state index in [2.05, 4.69) is 0 Å². The van der Waals surface area contributed by atoms with Gasteiger partial charge in [0.05, 0.1) is 24.2 Å². The van der Waals surface area contributed by atoms with Crippen LogP contribution in [0.2, 0.25) is 0 Å². The van der Waals surface area contributed by atoms with Crippen molar-refractivity contribution in [3.8, 4) is 11.5 Å². The van der Waals surface area contributed by atoms with Crippen LogP contribution in [0, 0.1) is 0 Å². The molecule has 0 radical (unpaired) electrons. The molecule has 0 aromatic heterocycles. The van der Waals surface area contributed by atoms with Gasteiger partial charge in [0.25, 0.3) is 0 Å². The molecule has 2 aromatic rings. The van der Waals surface area contributed by atoms with Gasteiger partial charge in [-0.05, 0) is 26.0 Å². The van der Waals surface area contributed by atoms with Crippen LogP contribution >= 0.6 is 0 Å². The van der Waals surface area contributed by atoms with Crippen LogP contribution in [0.4, 0.5) is 0 Å². The van der Waals surface area contributed by atoms with Crippen molar-refractivity contribution in [2.45, 2.75) is 19.8 Å². The van der Waals surface area contributed by atoms with Gasteiger partial charge in [-0.1, -0.05) is 36.4 Å². The highest BCUT2D eigenvalue weighted by Gasteiger charge is 2.33. The number of ether oxygens (including phenoxy) is 2. The van der Waals surface area contributed by atoms with Gasteiger partial charge in [0, 0.05) is 11.1 Å². The van der Waals surface area contributed by atoms with Crippen molar-refractivity contribution in [3.63, 3.8) is 0 Å². The second kappa shape index (κ2) is 7.28. The van der Waals surface area contributed by atoms with E-state index in [1.54, 1.807) is 0 Å². The van der Waals surface area contributed by atoms with E-state index in [-0.39, 0.29) is 23.6 Å². The third-order valence-corrected chi connectivity index (χ3v) is 4.89. The zero-order chi connectivity index (χ0) is 20.4. The third-order valence-electron chi connectivity index (χ3n) is 4.89. The van der Waals surface area contributed by atoms with Gasteiger partial charge in [-0.2, -0.15) is 0 Å². The average molecular weight is 343 g/mol. The number of fused-ring (bicyclic) bond motifs is 2. The van der Waals surface area contributed by atoms with Gasteiger partial charge in [0.1, 0.15) is 30.6 Å². The van der Waals surface area contributed by atoms with Crippen LogP contribution in [0.1, 0.15) is 35.0 Å². The molecule has 2 aromatic carbocycles. The molecule has 1 aliphatic rings. The van der Waals surface area contributed by atoms with Crippen molar-refractivity contribution in [2.24, 2.45) is 0 Å². The number of nitrogens with zero attached hydrogens (tertiary/aromatic N) is 1. The first-order valence-electron chi connectivity index (χ1n) is 10.2. The smallest absolute Gasteiger partial charge is 0.318 e. The number of carbonyl (C=O) groups excluding carboxylic acids is 1. The molecule has 0 amide bonds. The highest BCUT2D eigenvalue weighted by Crippen LogP contribution is 2.44. The number of carbonyl (C=O) groups is 1. The molecule has 4 nitrogen and oxygen atoms in total. The molecule has 132 valence electrons. The van der Waals surface area contributed by atoms with Gasteiger partial charge in [0.2, 0.25) is 0 Å². The number of quaternary nitrogens is 1. The Hall–Kier alpha value is -2.33. The van der Waals surface area contributed by atoms with Gasteiger partial charge in [-0.25, -0.2) is 0 Å². The van der Waals surface area contributed by atoms with Crippen LogP contribution in [-0.2, 0) is 9.53 Å². The Morgan fingerprint density at radius 1 is 1.08 bits per heavy atom. The van der Waals surface area contributed by atoms with Crippen molar-refractivity contribution in [3.05, 3.63) is 59.7 Å². The van der Waals surface area contributed by atoms with E-state index < -0.39 is 12.9 Å². The summed E-state index contributed by atoms with van der Waals surface area (Å²) in [5.74, 6) is 0.300. The summed E-state index contributed by atoms with van der Waals surface area (Å²) in [4.78, 5) is 13.0. The third kappa shape index (κ3) is 3.54. The predicted octanol–water partition coefficient (Wildman–Crippen LogP) is 3.95. The Morgan fingerprint density at radius 2 is 1.64 bits per heavy atom. The normalized spacial score (nSPS) is 15.8. The standard InChI is InChI=1S/C21H26NO3/c1-4-22(3,5-2)14-15-24-21(23)20-16-10-6-8-12-18(16)25-19-13-9-7-11-17(19)20/h6-13,20H,4-5,14-15H2,1-3H3/q+1/i3D3. The van der Waals surface area contributed by atoms with E-state index in [9.17, 15) is 4.79 Å². The molecular weight excluding hydrogens is 314 g/mol. The minimum atomic E-state index is -2.15. The Bertz CT molecular complexity index is 801. The number of para-hydroxylation sites is 2. The van der Waals surface area contributed by atoms with Gasteiger partial charge < -0.3 is 14.0 Å². The second-order valence-corrected chi connectivity index (χ2v) is 6.28. The largest absolute Gasteiger partial charge is 0.459 e. The molecule has 0 saturated carbocycles. The van der Waals surface area contributed by atoms with Crippen molar-refractivity contribution in [2.75, 3.05) is 33.2 Å². The molecule has 0 unspecified atom stereocenters. The van der Waals surface area contributed by atoms with Crippen LogP contribution < -0.4 is 4.74 Å². The molecule has 0 spiro atoms. The lowest BCUT2D eigenvalue weighted by Crippen LogP contribution is -2.46. The van der Waals surface area contributed by atoms with Crippen LogP contribution in [-0.4, -0.2) is 43.7 Å². The summed E-state index contributed by atoms with van der Waals surface area (Å²) in [5, 5.41) is 0. The first kappa shape index (κ1) is 13.9. The van der Waals surface area contributed by atoms with Crippen molar-refractivity contribution in [1.29, 1.82) is 0 Å². The summed E-state index contributed by atoms with van der Waals surface area (Å²) in [6.07, 6.45) is 0. The molecular formula is C21H26NO3+. The van der Waals surface area contributed by atoms with E-state index in [4.69, 9.17) is 13.6 Å². The lowest BCUT2D eigenvalue weighted by atomic mass is 9.88. The number of hydrogen-bond donors (Lipinski definition) is 0. The van der Waals surface area contributed by atoms with E-state index in [0.717, 1.165) is 11.1 Å². The predicted molar refractivity (Wildman–Crippen MR) is 97.9 cm³/mol. The van der Waals surface area contributed by atoms with E-state index in [1.807, 2.05) is 62.4 Å². The Morgan fingerprint density at radius 3 is 2.16 bits per heavy atom. The monoisotopic (exact) mass is 343 g/mol. The van der Waals surface area contributed by atoms with Gasteiger partial charge >= 0.3 is 5.97 Å². The van der Waals surface area contributed by atoms with E-state index in [1.165, 1.54) is 0 Å². The lowest BCUT2D eigenvalue weighted by molar-refractivity contribution is -0.906. The Labute approximate surface area is 153 Å². The maximum Gasteiger partial charge on any atom is 0.318 e. The average Bonchev–Trinajstić information content (AvgIpc) is 2.68. The van der Waals surface area contributed by atoms with Crippen LogP contribution in [0.15, 0.2) is 48.5 Å². The Kier molecular flexibility index (Phi) is 4.05. The van der Waals surface area contributed by atoms with E-state index in [0.29, 0.717) is 24.6 Å². The van der Waals surface area contributed by atoms with Crippen molar-refractivity contribution in [1.82, 2.24) is 0 Å². The Balaban J connectivity index is 1.80. The molecule has 0 fully saturated rings. The fourth-order valence-corrected chi connectivity index (χ4v) is 3.11. The number of rotatable bonds is 6. The zero-order valence-electron chi connectivity index (χ0n) is 17.7. The number of esters is 1. The second-order valence-electron chi connectivity index (χ2n) is 6.28. The maximum atomic E-state index is 13.0. The summed E-state index contributed by atoms with van der Waals surface area (Å²) < 4.78 is 35.0. The highest BCUT2D eigenvalue weighted by molar-refractivity contribution is 5.85. The molecule has 1 heterocycles. The SMILES string of the molecule is [2H]C([2H])([2H])[N+](CC)(CC)CCOC(=O)C1c2ccccc2Oc2ccccc21. The minimum Gasteiger partial charge on any atom is -0.459 e. The molecule has 0 N–H and O–H groups in total. The molecule has 0 atom stereocenters. The summed E-state index contributed by atoms with van der Waals surface area (Å²) in [5.41, 5.74) is 1.52.